The fraction of sp³-hybridized carbons (Fsp3) is 0.316. The molecule has 0 saturated carbocycles. The molecule has 2 aromatic carbocycles. The molecule has 0 spiro atoms. The molecule has 0 saturated heterocycles. The van der Waals surface area contributed by atoms with Crippen molar-refractivity contribution >= 4 is 21.6 Å². The molecule has 0 fully saturated rings. The normalized spacial score (nSPS) is 12.3. The number of nitrogens with zero attached hydrogens (tertiary/aromatic N) is 1. The second-order valence-corrected chi connectivity index (χ2v) is 7.95. The Kier molecular flexibility index (Phi) is 7.36. The van der Waals surface area contributed by atoms with Crippen LogP contribution in [-0.2, 0) is 19.6 Å². The molecule has 0 aliphatic heterocycles. The third-order valence-corrected chi connectivity index (χ3v) is 5.66. The molecule has 1 N–H and O–H groups in total. The first-order valence-electron chi connectivity index (χ1n) is 8.48. The van der Waals surface area contributed by atoms with E-state index < -0.39 is 28.3 Å². The number of carbonyl (C=O) groups excluding carboxylic acids is 1. The van der Waals surface area contributed by atoms with Crippen LogP contribution in [0.15, 0.2) is 53.4 Å². The summed E-state index contributed by atoms with van der Waals surface area (Å²) in [5, 5.41) is 2.67. The quantitative estimate of drug-likeness (QED) is 0.685. The zero-order chi connectivity index (χ0) is 20.7. The fourth-order valence-corrected chi connectivity index (χ4v) is 3.96. The first-order chi connectivity index (χ1) is 13.3. The molecule has 9 heteroatoms. The molecule has 0 aliphatic carbocycles. The zero-order valence-electron chi connectivity index (χ0n) is 15.9. The Morgan fingerprint density at radius 2 is 1.71 bits per heavy atom. The largest absolute Gasteiger partial charge is 0.497 e. The summed E-state index contributed by atoms with van der Waals surface area (Å²) in [5.41, 5.74) is 0.173. The number of halogens is 1. The van der Waals surface area contributed by atoms with Gasteiger partial charge in [-0.1, -0.05) is 0 Å². The van der Waals surface area contributed by atoms with Gasteiger partial charge in [0.05, 0.1) is 24.3 Å². The van der Waals surface area contributed by atoms with Crippen LogP contribution in [0.5, 0.6) is 5.75 Å². The highest BCUT2D eigenvalue weighted by molar-refractivity contribution is 7.92. The van der Waals surface area contributed by atoms with E-state index in [4.69, 9.17) is 9.47 Å². The van der Waals surface area contributed by atoms with Gasteiger partial charge in [-0.3, -0.25) is 9.10 Å². The number of hydrogen-bond acceptors (Lipinski definition) is 5. The van der Waals surface area contributed by atoms with Crippen LogP contribution < -0.4 is 14.4 Å². The molecule has 2 rings (SSSR count). The Morgan fingerprint density at radius 1 is 1.11 bits per heavy atom. The average Bonchev–Trinajstić information content (AvgIpc) is 2.67. The van der Waals surface area contributed by atoms with Gasteiger partial charge in [-0.15, -0.1) is 0 Å². The predicted octanol–water partition coefficient (Wildman–Crippen LogP) is 2.18. The molecule has 0 radical (unpaired) electrons. The van der Waals surface area contributed by atoms with Crippen molar-refractivity contribution in [2.45, 2.75) is 17.9 Å². The van der Waals surface area contributed by atoms with Crippen molar-refractivity contribution in [2.24, 2.45) is 0 Å². The SMILES string of the molecule is COC[C@@H](C)NC(=O)CN(c1ccc(F)cc1)S(=O)(=O)c1ccc(OC)cc1. The first-order valence-corrected chi connectivity index (χ1v) is 9.92. The number of methoxy groups -OCH3 is 2. The molecule has 1 amide bonds. The summed E-state index contributed by atoms with van der Waals surface area (Å²) < 4.78 is 50.5. The summed E-state index contributed by atoms with van der Waals surface area (Å²) >= 11 is 0. The van der Waals surface area contributed by atoms with Gasteiger partial charge < -0.3 is 14.8 Å². The Balaban J connectivity index is 2.36. The number of sulfonamides is 1. The number of carbonyl (C=O) groups is 1. The summed E-state index contributed by atoms with van der Waals surface area (Å²) in [7, 11) is -1.10. The molecule has 1 atom stereocenters. The minimum atomic E-state index is -4.07. The van der Waals surface area contributed by atoms with Crippen LogP contribution in [0.2, 0.25) is 0 Å². The number of hydrogen-bond donors (Lipinski definition) is 1. The number of amides is 1. The van der Waals surface area contributed by atoms with Crippen molar-refractivity contribution in [3.63, 3.8) is 0 Å². The van der Waals surface area contributed by atoms with Crippen LogP contribution in [0.1, 0.15) is 6.92 Å². The van der Waals surface area contributed by atoms with E-state index in [1.807, 2.05) is 0 Å². The van der Waals surface area contributed by atoms with E-state index in [1.165, 1.54) is 50.6 Å². The van der Waals surface area contributed by atoms with Crippen molar-refractivity contribution in [1.82, 2.24) is 5.32 Å². The molecule has 0 heterocycles. The Hall–Kier alpha value is -2.65. The molecular formula is C19H23FN2O5S. The molecular weight excluding hydrogens is 387 g/mol. The van der Waals surface area contributed by atoms with Gasteiger partial charge in [0.25, 0.3) is 10.0 Å². The van der Waals surface area contributed by atoms with E-state index in [1.54, 1.807) is 6.92 Å². The van der Waals surface area contributed by atoms with Crippen molar-refractivity contribution in [1.29, 1.82) is 0 Å². The van der Waals surface area contributed by atoms with Crippen LogP contribution >= 0.6 is 0 Å². The monoisotopic (exact) mass is 410 g/mol. The minimum absolute atomic E-state index is 0.0182. The third kappa shape index (κ3) is 5.43. The predicted molar refractivity (Wildman–Crippen MR) is 103 cm³/mol. The highest BCUT2D eigenvalue weighted by Gasteiger charge is 2.27. The third-order valence-electron chi connectivity index (χ3n) is 3.87. The Bertz CT molecular complexity index is 886. The number of rotatable bonds is 9. The number of benzene rings is 2. The molecule has 152 valence electrons. The van der Waals surface area contributed by atoms with E-state index in [2.05, 4.69) is 5.32 Å². The number of anilines is 1. The lowest BCUT2D eigenvalue weighted by Crippen LogP contribution is -2.44. The summed E-state index contributed by atoms with van der Waals surface area (Å²) in [6.07, 6.45) is 0. The van der Waals surface area contributed by atoms with E-state index >= 15 is 0 Å². The molecule has 7 nitrogen and oxygen atoms in total. The van der Waals surface area contributed by atoms with Crippen LogP contribution in [0.25, 0.3) is 0 Å². The molecule has 0 unspecified atom stereocenters. The lowest BCUT2D eigenvalue weighted by molar-refractivity contribution is -0.120. The van der Waals surface area contributed by atoms with Crippen molar-refractivity contribution in [2.75, 3.05) is 31.7 Å². The Morgan fingerprint density at radius 3 is 2.25 bits per heavy atom. The number of nitrogens with one attached hydrogen (secondary N) is 1. The van der Waals surface area contributed by atoms with Gasteiger partial charge in [0.15, 0.2) is 0 Å². The van der Waals surface area contributed by atoms with Gasteiger partial charge in [0.2, 0.25) is 5.91 Å². The standard InChI is InChI=1S/C19H23FN2O5S/c1-14(13-26-2)21-19(23)12-22(16-6-4-15(20)5-7-16)28(24,25)18-10-8-17(27-3)9-11-18/h4-11,14H,12-13H2,1-3H3,(H,21,23)/t14-/m1/s1. The number of ether oxygens (including phenoxy) is 2. The smallest absolute Gasteiger partial charge is 0.264 e. The van der Waals surface area contributed by atoms with Crippen LogP contribution in [-0.4, -0.2) is 47.7 Å². The molecule has 0 aliphatic rings. The van der Waals surface area contributed by atoms with Crippen molar-refractivity contribution in [3.8, 4) is 5.75 Å². The van der Waals surface area contributed by atoms with E-state index in [0.717, 1.165) is 16.4 Å². The maximum atomic E-state index is 13.3. The second-order valence-electron chi connectivity index (χ2n) is 6.09. The minimum Gasteiger partial charge on any atom is -0.497 e. The average molecular weight is 410 g/mol. The summed E-state index contributed by atoms with van der Waals surface area (Å²) in [5.74, 6) is -0.520. The summed E-state index contributed by atoms with van der Waals surface area (Å²) in [6.45, 7) is 1.56. The molecule has 0 aromatic heterocycles. The van der Waals surface area contributed by atoms with E-state index in [9.17, 15) is 17.6 Å². The van der Waals surface area contributed by atoms with E-state index in [0.29, 0.717) is 5.75 Å². The van der Waals surface area contributed by atoms with Gasteiger partial charge in [-0.2, -0.15) is 0 Å². The van der Waals surface area contributed by atoms with E-state index in [-0.39, 0.29) is 23.2 Å². The lowest BCUT2D eigenvalue weighted by atomic mass is 10.3. The van der Waals surface area contributed by atoms with Gasteiger partial charge >= 0.3 is 0 Å². The second kappa shape index (κ2) is 9.52. The fourth-order valence-electron chi connectivity index (χ4n) is 2.54. The van der Waals surface area contributed by atoms with Crippen LogP contribution in [0.3, 0.4) is 0 Å². The zero-order valence-corrected chi connectivity index (χ0v) is 16.7. The van der Waals surface area contributed by atoms with Crippen molar-refractivity contribution in [3.05, 3.63) is 54.3 Å². The molecule has 0 bridgehead atoms. The lowest BCUT2D eigenvalue weighted by Gasteiger charge is -2.25. The van der Waals surface area contributed by atoms with Crippen molar-refractivity contribution < 1.29 is 27.1 Å². The molecule has 28 heavy (non-hydrogen) atoms. The maximum absolute atomic E-state index is 13.3. The van der Waals surface area contributed by atoms with Gasteiger partial charge in [0.1, 0.15) is 18.1 Å². The topological polar surface area (TPSA) is 84.9 Å². The molecule has 2 aromatic rings. The van der Waals surface area contributed by atoms with Crippen LogP contribution in [0, 0.1) is 5.82 Å². The Labute approximate surface area is 164 Å². The highest BCUT2D eigenvalue weighted by atomic mass is 32.2. The van der Waals surface area contributed by atoms with Gasteiger partial charge in [0, 0.05) is 13.2 Å². The highest BCUT2D eigenvalue weighted by Crippen LogP contribution is 2.25. The summed E-state index contributed by atoms with van der Waals surface area (Å²) in [4.78, 5) is 12.4. The maximum Gasteiger partial charge on any atom is 0.264 e. The first kappa shape index (κ1) is 21.6. The summed E-state index contributed by atoms with van der Waals surface area (Å²) in [6, 6.07) is 10.4. The van der Waals surface area contributed by atoms with Crippen LogP contribution in [0.4, 0.5) is 10.1 Å². The van der Waals surface area contributed by atoms with Gasteiger partial charge in [-0.25, -0.2) is 12.8 Å². The van der Waals surface area contributed by atoms with Gasteiger partial charge in [-0.05, 0) is 55.5 Å².